The lowest BCUT2D eigenvalue weighted by Crippen LogP contribution is -2.33. The van der Waals surface area contributed by atoms with E-state index in [0.717, 1.165) is 25.1 Å². The first-order valence-corrected chi connectivity index (χ1v) is 7.65. The van der Waals surface area contributed by atoms with Gasteiger partial charge in [-0.1, -0.05) is 29.8 Å². The molecule has 2 rings (SSSR count). The second kappa shape index (κ2) is 10.2. The third kappa shape index (κ3) is 6.99. The van der Waals surface area contributed by atoms with E-state index in [9.17, 15) is 0 Å². The van der Waals surface area contributed by atoms with Crippen molar-refractivity contribution < 1.29 is 0 Å². The molecule has 0 aliphatic heterocycles. The maximum Gasteiger partial charge on any atom is 0.188 e. The van der Waals surface area contributed by atoms with Crippen LogP contribution in [-0.2, 0) is 12.8 Å². The van der Waals surface area contributed by atoms with Crippen molar-refractivity contribution in [3.05, 3.63) is 65.0 Å². The summed E-state index contributed by atoms with van der Waals surface area (Å²) in [4.78, 5) is 8.59. The molecule has 1 aromatic carbocycles. The van der Waals surface area contributed by atoms with Gasteiger partial charge in [0.15, 0.2) is 5.96 Å². The van der Waals surface area contributed by atoms with Crippen LogP contribution in [0.5, 0.6) is 0 Å². The maximum atomic E-state index is 5.88. The van der Waals surface area contributed by atoms with Crippen molar-refractivity contribution in [1.29, 1.82) is 0 Å². The van der Waals surface area contributed by atoms with Crippen molar-refractivity contribution in [2.45, 2.75) is 26.7 Å². The smallest absolute Gasteiger partial charge is 0.188 e. The van der Waals surface area contributed by atoms with Crippen LogP contribution in [0.25, 0.3) is 0 Å². The lowest BCUT2D eigenvalue weighted by atomic mass is 10.0. The molecule has 0 saturated carbocycles. The molecule has 0 aliphatic carbocycles. The molecule has 0 radical (unpaired) electrons. The Kier molecular flexibility index (Phi) is 8.61. The van der Waals surface area contributed by atoms with Gasteiger partial charge in [0.2, 0.25) is 0 Å². The van der Waals surface area contributed by atoms with Gasteiger partial charge in [-0.2, -0.15) is 0 Å². The monoisotopic (exact) mass is 424 g/mol. The Labute approximate surface area is 155 Å². The van der Waals surface area contributed by atoms with E-state index in [2.05, 4.69) is 47.3 Å². The number of halogens is 1. The molecule has 4 nitrogen and oxygen atoms in total. The molecule has 0 bridgehead atoms. The molecular formula is C18H25IN4. The number of rotatable bonds is 6. The topological polar surface area (TPSA) is 63.3 Å². The SMILES string of the molecule is Cc1ccc(CCNC(N)=NCCc2ccccn2)c(C)c1.I. The summed E-state index contributed by atoms with van der Waals surface area (Å²) in [6, 6.07) is 12.4. The van der Waals surface area contributed by atoms with E-state index in [4.69, 9.17) is 5.73 Å². The van der Waals surface area contributed by atoms with Gasteiger partial charge in [0.25, 0.3) is 0 Å². The van der Waals surface area contributed by atoms with Crippen molar-refractivity contribution in [2.24, 2.45) is 10.7 Å². The molecule has 0 atom stereocenters. The average molecular weight is 424 g/mol. The third-order valence-corrected chi connectivity index (χ3v) is 3.57. The highest BCUT2D eigenvalue weighted by Crippen LogP contribution is 2.10. The number of pyridine rings is 1. The molecule has 2 aromatic rings. The molecule has 0 aliphatic rings. The first kappa shape index (κ1) is 19.4. The van der Waals surface area contributed by atoms with Crippen LogP contribution in [0.2, 0.25) is 0 Å². The van der Waals surface area contributed by atoms with E-state index < -0.39 is 0 Å². The van der Waals surface area contributed by atoms with Crippen LogP contribution in [0.3, 0.4) is 0 Å². The summed E-state index contributed by atoms with van der Waals surface area (Å²) < 4.78 is 0. The Morgan fingerprint density at radius 1 is 1.17 bits per heavy atom. The molecule has 124 valence electrons. The van der Waals surface area contributed by atoms with Gasteiger partial charge in [0, 0.05) is 31.4 Å². The molecular weight excluding hydrogens is 399 g/mol. The summed E-state index contributed by atoms with van der Waals surface area (Å²) in [5, 5.41) is 3.17. The molecule has 1 heterocycles. The lowest BCUT2D eigenvalue weighted by Gasteiger charge is -2.09. The van der Waals surface area contributed by atoms with Crippen LogP contribution < -0.4 is 11.1 Å². The van der Waals surface area contributed by atoms with Crippen LogP contribution in [-0.4, -0.2) is 24.0 Å². The van der Waals surface area contributed by atoms with Gasteiger partial charge in [0.1, 0.15) is 0 Å². The summed E-state index contributed by atoms with van der Waals surface area (Å²) >= 11 is 0. The van der Waals surface area contributed by atoms with Crippen LogP contribution in [0.4, 0.5) is 0 Å². The van der Waals surface area contributed by atoms with Crippen molar-refractivity contribution in [1.82, 2.24) is 10.3 Å². The lowest BCUT2D eigenvalue weighted by molar-refractivity contribution is 0.836. The second-order valence-electron chi connectivity index (χ2n) is 5.44. The van der Waals surface area contributed by atoms with Crippen LogP contribution in [0, 0.1) is 13.8 Å². The summed E-state index contributed by atoms with van der Waals surface area (Å²) in [6.45, 7) is 5.70. The fourth-order valence-electron chi connectivity index (χ4n) is 2.34. The number of aliphatic imine (C=N–C) groups is 1. The Morgan fingerprint density at radius 3 is 2.70 bits per heavy atom. The fourth-order valence-corrected chi connectivity index (χ4v) is 2.34. The van der Waals surface area contributed by atoms with Gasteiger partial charge in [-0.15, -0.1) is 24.0 Å². The molecule has 0 saturated heterocycles. The molecule has 23 heavy (non-hydrogen) atoms. The Morgan fingerprint density at radius 2 is 2.00 bits per heavy atom. The highest BCUT2D eigenvalue weighted by Gasteiger charge is 1.99. The van der Waals surface area contributed by atoms with Crippen LogP contribution in [0.1, 0.15) is 22.4 Å². The number of guanidine groups is 1. The van der Waals surface area contributed by atoms with Gasteiger partial charge in [-0.25, -0.2) is 0 Å². The van der Waals surface area contributed by atoms with E-state index in [0.29, 0.717) is 12.5 Å². The summed E-state index contributed by atoms with van der Waals surface area (Å²) in [7, 11) is 0. The van der Waals surface area contributed by atoms with Crippen LogP contribution in [0.15, 0.2) is 47.6 Å². The van der Waals surface area contributed by atoms with Crippen LogP contribution >= 0.6 is 24.0 Å². The van der Waals surface area contributed by atoms with E-state index in [1.165, 1.54) is 16.7 Å². The molecule has 0 spiro atoms. The van der Waals surface area contributed by atoms with Gasteiger partial charge in [-0.05, 0) is 43.5 Å². The Hall–Kier alpha value is -1.63. The molecule has 0 fully saturated rings. The number of nitrogens with zero attached hydrogens (tertiary/aromatic N) is 2. The molecule has 1 aromatic heterocycles. The highest BCUT2D eigenvalue weighted by molar-refractivity contribution is 14.0. The number of benzene rings is 1. The first-order valence-electron chi connectivity index (χ1n) is 7.65. The van der Waals surface area contributed by atoms with Crippen molar-refractivity contribution in [2.75, 3.05) is 13.1 Å². The molecule has 0 amide bonds. The highest BCUT2D eigenvalue weighted by atomic mass is 127. The van der Waals surface area contributed by atoms with Crippen molar-refractivity contribution in [3.8, 4) is 0 Å². The maximum absolute atomic E-state index is 5.88. The molecule has 3 N–H and O–H groups in total. The zero-order chi connectivity index (χ0) is 15.8. The van der Waals surface area contributed by atoms with Gasteiger partial charge >= 0.3 is 0 Å². The number of nitrogens with one attached hydrogen (secondary N) is 1. The first-order chi connectivity index (χ1) is 10.6. The number of hydrogen-bond donors (Lipinski definition) is 2. The van der Waals surface area contributed by atoms with Crippen molar-refractivity contribution in [3.63, 3.8) is 0 Å². The summed E-state index contributed by atoms with van der Waals surface area (Å²) in [5.74, 6) is 0.501. The van der Waals surface area contributed by atoms with Gasteiger partial charge < -0.3 is 11.1 Å². The van der Waals surface area contributed by atoms with E-state index in [1.54, 1.807) is 6.20 Å². The van der Waals surface area contributed by atoms with E-state index in [-0.39, 0.29) is 24.0 Å². The fraction of sp³-hybridized carbons (Fsp3) is 0.333. The number of nitrogens with two attached hydrogens (primary N) is 1. The van der Waals surface area contributed by atoms with Gasteiger partial charge in [0.05, 0.1) is 0 Å². The van der Waals surface area contributed by atoms with Gasteiger partial charge in [-0.3, -0.25) is 9.98 Å². The van der Waals surface area contributed by atoms with E-state index in [1.807, 2.05) is 18.2 Å². The Bertz CT molecular complexity index is 626. The standard InChI is InChI=1S/C18H24N4.HI/c1-14-6-7-16(15(2)13-14)8-11-21-18(19)22-12-9-17-5-3-4-10-20-17;/h3-7,10,13H,8-9,11-12H2,1-2H3,(H3,19,21,22);1H. The summed E-state index contributed by atoms with van der Waals surface area (Å²) in [6.07, 6.45) is 3.55. The van der Waals surface area contributed by atoms with Crippen molar-refractivity contribution >= 4 is 29.9 Å². The summed E-state index contributed by atoms with van der Waals surface area (Å²) in [5.41, 5.74) is 10.9. The minimum Gasteiger partial charge on any atom is -0.370 e. The second-order valence-corrected chi connectivity index (χ2v) is 5.44. The average Bonchev–Trinajstić information content (AvgIpc) is 2.50. The minimum atomic E-state index is 0. The quantitative estimate of drug-likeness (QED) is 0.426. The molecule has 5 heteroatoms. The zero-order valence-electron chi connectivity index (χ0n) is 13.7. The predicted molar refractivity (Wildman–Crippen MR) is 107 cm³/mol. The normalized spacial score (nSPS) is 11.0. The predicted octanol–water partition coefficient (Wildman–Crippen LogP) is 3.01. The molecule has 0 unspecified atom stereocenters. The van der Waals surface area contributed by atoms with E-state index >= 15 is 0 Å². The number of aromatic nitrogens is 1. The zero-order valence-corrected chi connectivity index (χ0v) is 16.1. The largest absolute Gasteiger partial charge is 0.370 e. The number of aryl methyl sites for hydroxylation is 2. The number of hydrogen-bond acceptors (Lipinski definition) is 2. The minimum absolute atomic E-state index is 0. The Balaban J connectivity index is 0.00000264. The third-order valence-electron chi connectivity index (χ3n) is 3.57.